The molecule has 0 saturated carbocycles. The summed E-state index contributed by atoms with van der Waals surface area (Å²) in [6, 6.07) is 22.9. The molecule has 0 aliphatic heterocycles. The maximum Gasteiger partial charge on any atom is 0.101 e. The Morgan fingerprint density at radius 3 is 1.66 bits per heavy atom. The zero-order valence-corrected chi connectivity index (χ0v) is 26.1. The Morgan fingerprint density at radius 1 is 0.658 bits per heavy atom. The van der Waals surface area contributed by atoms with E-state index in [1.807, 2.05) is 0 Å². The number of halogens is 1. The van der Waals surface area contributed by atoms with Crippen LogP contribution in [0.4, 0.5) is 0 Å². The number of alkyl halides is 1. The van der Waals surface area contributed by atoms with Gasteiger partial charge in [-0.3, -0.25) is 4.68 Å². The Kier molecular flexibility index (Phi) is 8.87. The van der Waals surface area contributed by atoms with Gasteiger partial charge < -0.3 is 0 Å². The summed E-state index contributed by atoms with van der Waals surface area (Å²) in [5, 5.41) is 7.70. The first kappa shape index (κ1) is 28.6. The maximum absolute atomic E-state index is 5.30. The number of hydrogen-bond acceptors (Lipinski definition) is 1. The lowest BCUT2D eigenvalue weighted by Crippen LogP contribution is -2.10. The quantitative estimate of drug-likeness (QED) is 0.144. The fourth-order valence-electron chi connectivity index (χ4n) is 5.32. The first-order chi connectivity index (χ1) is 18.0. The fraction of sp³-hybridized carbons (Fsp3) is 0.457. The van der Waals surface area contributed by atoms with E-state index in [1.54, 1.807) is 0 Å². The van der Waals surface area contributed by atoms with E-state index < -0.39 is 0 Å². The molecule has 0 unspecified atom stereocenters. The van der Waals surface area contributed by atoms with Gasteiger partial charge in [0.2, 0.25) is 0 Å². The second kappa shape index (κ2) is 11.8. The van der Waals surface area contributed by atoms with Gasteiger partial charge in [0.15, 0.2) is 0 Å². The van der Waals surface area contributed by atoms with E-state index >= 15 is 0 Å². The lowest BCUT2D eigenvalue weighted by atomic mass is 9.85. The number of aryl methyl sites for hydroxylation is 2. The fourth-order valence-corrected chi connectivity index (χ4v) is 5.72. The Hall–Kier alpha value is -2.39. The molecule has 0 atom stereocenters. The van der Waals surface area contributed by atoms with Crippen LogP contribution in [0, 0.1) is 0 Å². The third-order valence-corrected chi connectivity index (χ3v) is 8.27. The molecule has 4 rings (SSSR count). The number of unbranched alkanes of at least 4 members (excludes halogenated alkanes) is 3. The zero-order valence-electron chi connectivity index (χ0n) is 24.5. The number of benzene rings is 3. The number of rotatable bonds is 9. The first-order valence-corrected chi connectivity index (χ1v) is 15.5. The number of fused-ring (bicyclic) bond motifs is 1. The normalized spacial score (nSPS) is 12.4. The molecule has 0 radical (unpaired) electrons. The van der Waals surface area contributed by atoms with Crippen LogP contribution in [0.3, 0.4) is 0 Å². The summed E-state index contributed by atoms with van der Waals surface area (Å²) in [6.45, 7) is 16.9. The summed E-state index contributed by atoms with van der Waals surface area (Å²) < 4.78 is 2.30. The van der Waals surface area contributed by atoms with Crippen molar-refractivity contribution in [2.45, 2.75) is 97.9 Å². The van der Waals surface area contributed by atoms with Crippen LogP contribution in [0.15, 0.2) is 60.7 Å². The van der Waals surface area contributed by atoms with E-state index in [4.69, 9.17) is 5.10 Å². The number of hydrogen-bond donors (Lipinski definition) is 0. The molecule has 0 aliphatic rings. The van der Waals surface area contributed by atoms with Gasteiger partial charge in [0.05, 0.1) is 0 Å². The van der Waals surface area contributed by atoms with Crippen LogP contribution in [0.25, 0.3) is 33.2 Å². The van der Waals surface area contributed by atoms with Gasteiger partial charge in [-0.15, -0.1) is 0 Å². The molecule has 3 heteroatoms. The zero-order chi connectivity index (χ0) is 27.5. The van der Waals surface area contributed by atoms with Gasteiger partial charge in [-0.25, -0.2) is 0 Å². The smallest absolute Gasteiger partial charge is 0.101 e. The molecule has 1 aromatic heterocycles. The van der Waals surface area contributed by atoms with Gasteiger partial charge in [0.25, 0.3) is 0 Å². The summed E-state index contributed by atoms with van der Waals surface area (Å²) in [4.78, 5) is 0. The molecule has 38 heavy (non-hydrogen) atoms. The molecule has 0 aliphatic carbocycles. The highest BCUT2D eigenvalue weighted by Gasteiger charge is 2.20. The first-order valence-electron chi connectivity index (χ1n) is 14.3. The Balaban J connectivity index is 1.84. The van der Waals surface area contributed by atoms with Gasteiger partial charge in [-0.1, -0.05) is 138 Å². The molecular weight excluding hydrogens is 528 g/mol. The summed E-state index contributed by atoms with van der Waals surface area (Å²) in [5.41, 5.74) is 10.5. The molecule has 4 aromatic rings. The predicted molar refractivity (Wildman–Crippen MR) is 170 cm³/mol. The molecule has 0 N–H and O–H groups in total. The highest BCUT2D eigenvalue weighted by atomic mass is 79.9. The SMILES string of the molecule is CCc1c2c(-c3ccc(C(C)(C)C)cc3)ccc(-c3ccc(C(C)(C)C)cc3)c2nn1CCCCCCBr. The highest BCUT2D eigenvalue weighted by Crippen LogP contribution is 2.39. The summed E-state index contributed by atoms with van der Waals surface area (Å²) in [7, 11) is 0. The van der Waals surface area contributed by atoms with E-state index in [0.717, 1.165) is 23.8 Å². The van der Waals surface area contributed by atoms with Crippen molar-refractivity contribution in [2.24, 2.45) is 0 Å². The summed E-state index contributed by atoms with van der Waals surface area (Å²) in [5.74, 6) is 0. The van der Waals surface area contributed by atoms with E-state index in [9.17, 15) is 0 Å². The van der Waals surface area contributed by atoms with E-state index in [-0.39, 0.29) is 10.8 Å². The van der Waals surface area contributed by atoms with E-state index in [2.05, 4.69) is 130 Å². The van der Waals surface area contributed by atoms with Crippen molar-refractivity contribution in [1.29, 1.82) is 0 Å². The molecular formula is C35H45BrN2. The lowest BCUT2D eigenvalue weighted by molar-refractivity contribution is 0.531. The molecule has 0 bridgehead atoms. The molecule has 0 fully saturated rings. The van der Waals surface area contributed by atoms with Crippen molar-refractivity contribution in [1.82, 2.24) is 9.78 Å². The summed E-state index contributed by atoms with van der Waals surface area (Å²) >= 11 is 3.57. The Morgan fingerprint density at radius 2 is 1.16 bits per heavy atom. The highest BCUT2D eigenvalue weighted by molar-refractivity contribution is 9.09. The van der Waals surface area contributed by atoms with Crippen LogP contribution >= 0.6 is 15.9 Å². The molecule has 0 amide bonds. The van der Waals surface area contributed by atoms with Crippen LogP contribution in [0.2, 0.25) is 0 Å². The van der Waals surface area contributed by atoms with Gasteiger partial charge in [0, 0.05) is 28.5 Å². The summed E-state index contributed by atoms with van der Waals surface area (Å²) in [6.07, 6.45) is 5.89. The van der Waals surface area contributed by atoms with Crippen LogP contribution < -0.4 is 0 Å². The van der Waals surface area contributed by atoms with Crippen molar-refractivity contribution in [2.75, 3.05) is 5.33 Å². The minimum Gasteiger partial charge on any atom is -0.268 e. The predicted octanol–water partition coefficient (Wildman–Crippen LogP) is 10.5. The van der Waals surface area contributed by atoms with E-state index in [1.165, 1.54) is 70.1 Å². The monoisotopic (exact) mass is 572 g/mol. The molecule has 1 heterocycles. The van der Waals surface area contributed by atoms with Crippen molar-refractivity contribution in [3.8, 4) is 22.3 Å². The Labute approximate surface area is 239 Å². The average molecular weight is 574 g/mol. The van der Waals surface area contributed by atoms with Crippen molar-refractivity contribution >= 4 is 26.8 Å². The minimum absolute atomic E-state index is 0.142. The van der Waals surface area contributed by atoms with Crippen molar-refractivity contribution in [3.63, 3.8) is 0 Å². The molecule has 0 spiro atoms. The average Bonchev–Trinajstić information content (AvgIpc) is 3.25. The molecule has 2 nitrogen and oxygen atoms in total. The van der Waals surface area contributed by atoms with Gasteiger partial charge in [-0.2, -0.15) is 5.10 Å². The molecule has 3 aromatic carbocycles. The molecule has 202 valence electrons. The van der Waals surface area contributed by atoms with Gasteiger partial charge >= 0.3 is 0 Å². The maximum atomic E-state index is 5.30. The lowest BCUT2D eigenvalue weighted by Gasteiger charge is -2.20. The third kappa shape index (κ3) is 6.25. The van der Waals surface area contributed by atoms with E-state index in [0.29, 0.717) is 0 Å². The van der Waals surface area contributed by atoms with Crippen LogP contribution in [0.1, 0.15) is 91.0 Å². The van der Waals surface area contributed by atoms with Crippen LogP contribution in [-0.2, 0) is 23.8 Å². The van der Waals surface area contributed by atoms with Crippen molar-refractivity contribution in [3.05, 3.63) is 77.5 Å². The van der Waals surface area contributed by atoms with Crippen LogP contribution in [-0.4, -0.2) is 15.1 Å². The number of aromatic nitrogens is 2. The van der Waals surface area contributed by atoms with Crippen LogP contribution in [0.5, 0.6) is 0 Å². The topological polar surface area (TPSA) is 17.8 Å². The second-order valence-corrected chi connectivity index (χ2v) is 13.5. The Bertz CT molecular complexity index is 1350. The van der Waals surface area contributed by atoms with Gasteiger partial charge in [0.1, 0.15) is 5.52 Å². The van der Waals surface area contributed by atoms with Gasteiger partial charge in [-0.05, 0) is 57.9 Å². The second-order valence-electron chi connectivity index (χ2n) is 12.7. The number of nitrogens with zero attached hydrogens (tertiary/aromatic N) is 2. The third-order valence-electron chi connectivity index (χ3n) is 7.71. The molecule has 0 saturated heterocycles. The standard InChI is InChI=1S/C35H45BrN2/c1-8-31-32-29(25-13-17-27(18-14-25)34(2,3)4)21-22-30(26-15-19-28(20-16-26)35(5,6)7)33(32)37-38(31)24-12-10-9-11-23-36/h13-22H,8-12,23-24H2,1-7H3. The minimum atomic E-state index is 0.142. The van der Waals surface area contributed by atoms with Crippen molar-refractivity contribution < 1.29 is 0 Å². The largest absolute Gasteiger partial charge is 0.268 e.